The van der Waals surface area contributed by atoms with E-state index in [1.54, 1.807) is 17.9 Å². The van der Waals surface area contributed by atoms with Crippen LogP contribution in [0.2, 0.25) is 0 Å². The van der Waals surface area contributed by atoms with Crippen LogP contribution < -0.4 is 22.1 Å². The second-order valence-corrected chi connectivity index (χ2v) is 9.79. The zero-order chi connectivity index (χ0) is 28.7. The number of aryl methyl sites for hydroxylation is 2. The van der Waals surface area contributed by atoms with Crippen LogP contribution in [-0.2, 0) is 20.8 Å². The van der Waals surface area contributed by atoms with E-state index in [1.165, 1.54) is 0 Å². The molecule has 0 fully saturated rings. The quantitative estimate of drug-likeness (QED) is 0.0833. The van der Waals surface area contributed by atoms with Gasteiger partial charge in [0.15, 0.2) is 12.0 Å². The number of hydrogen-bond acceptors (Lipinski definition) is 7. The number of carboxylic acid groups (broad SMARTS) is 1. The summed E-state index contributed by atoms with van der Waals surface area (Å²) in [6.07, 6.45) is 2.42. The number of fused-ring (bicyclic) bond motifs is 1. The predicted molar refractivity (Wildman–Crippen MR) is 146 cm³/mol. The zero-order valence-electron chi connectivity index (χ0n) is 22.3. The van der Waals surface area contributed by atoms with Crippen molar-refractivity contribution in [2.24, 2.45) is 11.5 Å². The SMILES string of the molecule is CCc1ccc2oc(C(O)C(NC(=O)CCCCNC(=O)C(N)CC3=CCN(C(=N)N)C3)C(=O)O)c(C)c2c1. The van der Waals surface area contributed by atoms with Crippen LogP contribution in [0.5, 0.6) is 0 Å². The normalized spacial score (nSPS) is 15.5. The molecule has 3 unspecified atom stereocenters. The van der Waals surface area contributed by atoms with Crippen LogP contribution in [0.15, 0.2) is 34.3 Å². The summed E-state index contributed by atoms with van der Waals surface area (Å²) in [5.41, 5.74) is 14.6. The van der Waals surface area contributed by atoms with E-state index in [0.717, 1.165) is 22.9 Å². The Morgan fingerprint density at radius 1 is 1.26 bits per heavy atom. The molecule has 2 aromatic rings. The first kappa shape index (κ1) is 29.7. The number of carbonyl (C=O) groups is 3. The van der Waals surface area contributed by atoms with Gasteiger partial charge < -0.3 is 41.6 Å². The van der Waals surface area contributed by atoms with Crippen molar-refractivity contribution in [3.05, 3.63) is 46.7 Å². The van der Waals surface area contributed by atoms with Crippen molar-refractivity contribution in [1.29, 1.82) is 5.41 Å². The molecule has 1 aliphatic heterocycles. The lowest BCUT2D eigenvalue weighted by atomic mass is 10.0. The number of amides is 2. The predicted octanol–water partition coefficient (Wildman–Crippen LogP) is 1.05. The topological polar surface area (TPSA) is 208 Å². The molecule has 1 aromatic heterocycles. The summed E-state index contributed by atoms with van der Waals surface area (Å²) < 4.78 is 5.75. The monoisotopic (exact) mass is 542 g/mol. The molecular formula is C27H38N6O6. The first-order chi connectivity index (χ1) is 18.5. The number of guanidine groups is 1. The third kappa shape index (κ3) is 7.58. The number of aliphatic carboxylic acids is 1. The molecule has 39 heavy (non-hydrogen) atoms. The van der Waals surface area contributed by atoms with Crippen molar-refractivity contribution in [1.82, 2.24) is 15.5 Å². The van der Waals surface area contributed by atoms with E-state index in [-0.39, 0.29) is 24.0 Å². The lowest BCUT2D eigenvalue weighted by Gasteiger charge is -2.19. The van der Waals surface area contributed by atoms with Gasteiger partial charge in [0.25, 0.3) is 0 Å². The zero-order valence-corrected chi connectivity index (χ0v) is 22.3. The summed E-state index contributed by atoms with van der Waals surface area (Å²) in [5, 5.41) is 33.8. The van der Waals surface area contributed by atoms with Crippen molar-refractivity contribution in [2.75, 3.05) is 19.6 Å². The highest BCUT2D eigenvalue weighted by Gasteiger charge is 2.33. The molecule has 1 aliphatic rings. The molecular weight excluding hydrogens is 504 g/mol. The van der Waals surface area contributed by atoms with E-state index in [9.17, 15) is 24.6 Å². The number of aliphatic hydroxyl groups is 1. The lowest BCUT2D eigenvalue weighted by Crippen LogP contribution is -2.45. The maximum atomic E-state index is 12.4. The van der Waals surface area contributed by atoms with Crippen LogP contribution in [-0.4, -0.2) is 70.6 Å². The third-order valence-corrected chi connectivity index (χ3v) is 6.90. The maximum Gasteiger partial charge on any atom is 0.329 e. The molecule has 12 heteroatoms. The van der Waals surface area contributed by atoms with Gasteiger partial charge in [0.05, 0.1) is 6.04 Å². The molecule has 0 spiro atoms. The minimum atomic E-state index is -1.58. The van der Waals surface area contributed by atoms with Gasteiger partial charge in [0, 0.05) is 37.0 Å². The van der Waals surface area contributed by atoms with Crippen LogP contribution >= 0.6 is 0 Å². The van der Waals surface area contributed by atoms with Crippen molar-refractivity contribution in [3.8, 4) is 0 Å². The van der Waals surface area contributed by atoms with E-state index in [0.29, 0.717) is 50.0 Å². The number of nitrogens with two attached hydrogens (primary N) is 2. The summed E-state index contributed by atoms with van der Waals surface area (Å²) in [4.78, 5) is 38.3. The molecule has 212 valence electrons. The van der Waals surface area contributed by atoms with Crippen molar-refractivity contribution in [2.45, 2.75) is 64.1 Å². The summed E-state index contributed by atoms with van der Waals surface area (Å²) in [6.45, 7) is 5.08. The fraction of sp³-hybridized carbons (Fsp3) is 0.481. The van der Waals surface area contributed by atoms with Crippen LogP contribution in [0.25, 0.3) is 11.0 Å². The van der Waals surface area contributed by atoms with Crippen molar-refractivity contribution >= 4 is 34.7 Å². The van der Waals surface area contributed by atoms with Gasteiger partial charge >= 0.3 is 5.97 Å². The Balaban J connectivity index is 1.43. The van der Waals surface area contributed by atoms with E-state index in [1.807, 2.05) is 25.1 Å². The standard InChI is InChI=1S/C27H38N6O6/c1-3-16-7-8-20-18(12-16)15(2)24(39-20)23(35)22(26(37)38)32-21(34)6-4-5-10-31-25(36)19(28)13-17-9-11-33(14-17)27(29)30/h7-9,12,19,22-23,35H,3-6,10-11,13-14,28H2,1-2H3,(H3,29,30)(H,31,36)(H,32,34)(H,37,38). The van der Waals surface area contributed by atoms with E-state index in [2.05, 4.69) is 10.6 Å². The Kier molecular flexibility index (Phi) is 10.1. The molecule has 0 saturated heterocycles. The van der Waals surface area contributed by atoms with Crippen LogP contribution in [0, 0.1) is 12.3 Å². The summed E-state index contributed by atoms with van der Waals surface area (Å²) in [5.74, 6) is -2.15. The van der Waals surface area contributed by atoms with Gasteiger partial charge in [-0.05, 0) is 50.3 Å². The molecule has 12 nitrogen and oxygen atoms in total. The van der Waals surface area contributed by atoms with Gasteiger partial charge in [-0.2, -0.15) is 0 Å². The number of nitrogens with zero attached hydrogens (tertiary/aromatic N) is 1. The Bertz CT molecular complexity index is 1250. The van der Waals surface area contributed by atoms with Gasteiger partial charge in [0.2, 0.25) is 11.8 Å². The molecule has 3 atom stereocenters. The van der Waals surface area contributed by atoms with E-state index >= 15 is 0 Å². The van der Waals surface area contributed by atoms with Crippen molar-refractivity contribution in [3.63, 3.8) is 0 Å². The highest BCUT2D eigenvalue weighted by atomic mass is 16.4. The molecule has 0 radical (unpaired) electrons. The highest BCUT2D eigenvalue weighted by molar-refractivity contribution is 5.86. The Hall–Kier alpha value is -3.90. The number of nitrogens with one attached hydrogen (secondary N) is 3. The number of carboxylic acids is 1. The maximum absolute atomic E-state index is 12.4. The Labute approximate surface area is 226 Å². The highest BCUT2D eigenvalue weighted by Crippen LogP contribution is 2.32. The Morgan fingerprint density at radius 3 is 2.64 bits per heavy atom. The first-order valence-electron chi connectivity index (χ1n) is 13.0. The second kappa shape index (κ2) is 13.3. The van der Waals surface area contributed by atoms with Gasteiger partial charge in [-0.25, -0.2) is 4.79 Å². The largest absolute Gasteiger partial charge is 0.480 e. The fourth-order valence-corrected chi connectivity index (χ4v) is 4.54. The second-order valence-electron chi connectivity index (χ2n) is 9.79. The Morgan fingerprint density at radius 2 is 2.00 bits per heavy atom. The number of aliphatic hydroxyl groups excluding tert-OH is 1. The average Bonchev–Trinajstić information content (AvgIpc) is 3.50. The molecule has 0 saturated carbocycles. The molecule has 2 heterocycles. The minimum absolute atomic E-state index is 0.0190. The number of rotatable bonds is 13. The van der Waals surface area contributed by atoms with E-state index < -0.39 is 30.1 Å². The minimum Gasteiger partial charge on any atom is -0.480 e. The van der Waals surface area contributed by atoms with E-state index in [4.69, 9.17) is 21.3 Å². The number of furan rings is 1. The smallest absolute Gasteiger partial charge is 0.329 e. The molecule has 0 bridgehead atoms. The summed E-state index contributed by atoms with van der Waals surface area (Å²) in [7, 11) is 0. The molecule has 3 rings (SSSR count). The molecule has 1 aromatic carbocycles. The van der Waals surface area contributed by atoms with Crippen molar-refractivity contribution < 1.29 is 29.0 Å². The number of unbranched alkanes of at least 4 members (excludes halogenated alkanes) is 1. The fourth-order valence-electron chi connectivity index (χ4n) is 4.54. The number of benzene rings is 1. The lowest BCUT2D eigenvalue weighted by molar-refractivity contribution is -0.145. The van der Waals surface area contributed by atoms with Crippen LogP contribution in [0.1, 0.15) is 55.6 Å². The van der Waals surface area contributed by atoms with Crippen LogP contribution in [0.3, 0.4) is 0 Å². The van der Waals surface area contributed by atoms with Gasteiger partial charge in [-0.1, -0.05) is 24.6 Å². The van der Waals surface area contributed by atoms with Gasteiger partial charge in [-0.3, -0.25) is 15.0 Å². The van der Waals surface area contributed by atoms with Crippen LogP contribution in [0.4, 0.5) is 0 Å². The third-order valence-electron chi connectivity index (χ3n) is 6.90. The first-order valence-corrected chi connectivity index (χ1v) is 13.0. The number of carbonyl (C=O) groups excluding carboxylic acids is 2. The molecule has 2 amide bonds. The average molecular weight is 543 g/mol. The molecule has 9 N–H and O–H groups in total. The number of hydrogen-bond donors (Lipinski definition) is 7. The molecule has 0 aliphatic carbocycles. The van der Waals surface area contributed by atoms with Gasteiger partial charge in [0.1, 0.15) is 17.4 Å². The summed E-state index contributed by atoms with van der Waals surface area (Å²) in [6, 6.07) is 3.32. The summed E-state index contributed by atoms with van der Waals surface area (Å²) >= 11 is 0. The van der Waals surface area contributed by atoms with Gasteiger partial charge in [-0.15, -0.1) is 0 Å².